The number of thioether (sulfide) groups is 1. The molecule has 1 amide bonds. The Kier molecular flexibility index (Phi) is 5.01. The molecule has 5 heteroatoms. The van der Waals surface area contributed by atoms with E-state index < -0.39 is 0 Å². The van der Waals surface area contributed by atoms with Gasteiger partial charge >= 0.3 is 0 Å². The van der Waals surface area contributed by atoms with Gasteiger partial charge in [0.2, 0.25) is 5.91 Å². The van der Waals surface area contributed by atoms with Gasteiger partial charge in [-0.1, -0.05) is 0 Å². The van der Waals surface area contributed by atoms with Crippen LogP contribution in [0, 0.1) is 6.92 Å². The van der Waals surface area contributed by atoms with E-state index in [4.69, 9.17) is 4.74 Å². The Hall–Kier alpha value is -2.01. The van der Waals surface area contributed by atoms with Gasteiger partial charge in [-0.3, -0.25) is 4.79 Å². The quantitative estimate of drug-likeness (QED) is 0.859. The first kappa shape index (κ1) is 14.4. The van der Waals surface area contributed by atoms with Gasteiger partial charge in [0, 0.05) is 11.1 Å². The second kappa shape index (κ2) is 6.96. The molecule has 0 aliphatic carbocycles. The van der Waals surface area contributed by atoms with E-state index in [1.165, 1.54) is 11.8 Å². The van der Waals surface area contributed by atoms with E-state index in [-0.39, 0.29) is 5.91 Å². The van der Waals surface area contributed by atoms with Crippen LogP contribution in [0.1, 0.15) is 5.56 Å². The van der Waals surface area contributed by atoms with Crippen LogP contribution in [0.25, 0.3) is 0 Å². The number of ether oxygens (including phenoxy) is 1. The molecule has 1 N–H and O–H groups in total. The normalized spacial score (nSPS) is 10.1. The molecule has 0 spiro atoms. The van der Waals surface area contributed by atoms with Crippen molar-refractivity contribution in [1.82, 2.24) is 4.98 Å². The molecule has 1 aromatic carbocycles. The summed E-state index contributed by atoms with van der Waals surface area (Å²) in [6.07, 6.45) is 1.68. The third-order valence-electron chi connectivity index (χ3n) is 2.61. The fourth-order valence-electron chi connectivity index (χ4n) is 1.60. The number of rotatable bonds is 5. The van der Waals surface area contributed by atoms with Crippen molar-refractivity contribution in [3.63, 3.8) is 0 Å². The van der Waals surface area contributed by atoms with Crippen LogP contribution in [0.4, 0.5) is 5.82 Å². The molecule has 0 atom stereocenters. The molecule has 1 heterocycles. The molecule has 104 valence electrons. The summed E-state index contributed by atoms with van der Waals surface area (Å²) in [5.41, 5.74) is 1.07. The highest BCUT2D eigenvalue weighted by Gasteiger charge is 2.05. The van der Waals surface area contributed by atoms with Crippen molar-refractivity contribution < 1.29 is 9.53 Å². The lowest BCUT2D eigenvalue weighted by molar-refractivity contribution is -0.113. The second-order valence-electron chi connectivity index (χ2n) is 4.23. The third kappa shape index (κ3) is 4.28. The average molecular weight is 288 g/mol. The van der Waals surface area contributed by atoms with Gasteiger partial charge in [0.25, 0.3) is 0 Å². The van der Waals surface area contributed by atoms with Crippen LogP contribution in [0.5, 0.6) is 5.75 Å². The van der Waals surface area contributed by atoms with E-state index in [1.54, 1.807) is 13.3 Å². The minimum atomic E-state index is -0.0658. The first-order chi connectivity index (χ1) is 9.67. The molecule has 1 aromatic heterocycles. The number of anilines is 1. The standard InChI is InChI=1S/C15H16N2O2S/c1-11-7-8-16-14(9-11)17-15(18)10-20-13-5-3-12(19-2)4-6-13/h3-9H,10H2,1-2H3,(H,16,17,18). The molecule has 2 rings (SSSR count). The summed E-state index contributed by atoms with van der Waals surface area (Å²) >= 11 is 1.48. The molecule has 0 aliphatic rings. The number of nitrogens with one attached hydrogen (secondary N) is 1. The largest absolute Gasteiger partial charge is 0.497 e. The van der Waals surface area contributed by atoms with E-state index in [2.05, 4.69) is 10.3 Å². The van der Waals surface area contributed by atoms with Gasteiger partial charge in [-0.2, -0.15) is 0 Å². The van der Waals surface area contributed by atoms with Crippen molar-refractivity contribution in [2.75, 3.05) is 18.2 Å². The maximum absolute atomic E-state index is 11.8. The van der Waals surface area contributed by atoms with E-state index in [0.29, 0.717) is 11.6 Å². The number of aromatic nitrogens is 1. The summed E-state index contributed by atoms with van der Waals surface area (Å²) in [7, 11) is 1.63. The average Bonchev–Trinajstić information content (AvgIpc) is 2.46. The molecule has 0 bridgehead atoms. The summed E-state index contributed by atoms with van der Waals surface area (Å²) in [5.74, 6) is 1.68. The molecule has 0 saturated carbocycles. The molecular weight excluding hydrogens is 272 g/mol. The number of nitrogens with zero attached hydrogens (tertiary/aromatic N) is 1. The second-order valence-corrected chi connectivity index (χ2v) is 5.28. The maximum Gasteiger partial charge on any atom is 0.235 e. The third-order valence-corrected chi connectivity index (χ3v) is 3.62. The predicted octanol–water partition coefficient (Wildman–Crippen LogP) is 3.13. The minimum Gasteiger partial charge on any atom is -0.497 e. The van der Waals surface area contributed by atoms with Gasteiger partial charge in [-0.25, -0.2) is 4.98 Å². The van der Waals surface area contributed by atoms with Crippen LogP contribution in [0.15, 0.2) is 47.5 Å². The number of methoxy groups -OCH3 is 1. The fourth-order valence-corrected chi connectivity index (χ4v) is 2.30. The van der Waals surface area contributed by atoms with Gasteiger partial charge < -0.3 is 10.1 Å². The summed E-state index contributed by atoms with van der Waals surface area (Å²) in [6.45, 7) is 1.96. The Morgan fingerprint density at radius 1 is 1.30 bits per heavy atom. The molecule has 0 aliphatic heterocycles. The van der Waals surface area contributed by atoms with Crippen LogP contribution in [0.2, 0.25) is 0 Å². The summed E-state index contributed by atoms with van der Waals surface area (Å²) in [6, 6.07) is 11.4. The highest BCUT2D eigenvalue weighted by atomic mass is 32.2. The maximum atomic E-state index is 11.8. The summed E-state index contributed by atoms with van der Waals surface area (Å²) in [4.78, 5) is 16.9. The van der Waals surface area contributed by atoms with Crippen LogP contribution in [-0.2, 0) is 4.79 Å². The van der Waals surface area contributed by atoms with Crippen molar-refractivity contribution in [1.29, 1.82) is 0 Å². The van der Waals surface area contributed by atoms with Gasteiger partial charge in [0.05, 0.1) is 12.9 Å². The molecule has 20 heavy (non-hydrogen) atoms. The Bertz CT molecular complexity index is 585. The van der Waals surface area contributed by atoms with Crippen molar-refractivity contribution in [3.05, 3.63) is 48.2 Å². The summed E-state index contributed by atoms with van der Waals surface area (Å²) in [5, 5.41) is 2.78. The van der Waals surface area contributed by atoms with Crippen LogP contribution < -0.4 is 10.1 Å². The van der Waals surface area contributed by atoms with Crippen molar-refractivity contribution in [2.24, 2.45) is 0 Å². The van der Waals surface area contributed by atoms with Gasteiger partial charge in [0.1, 0.15) is 11.6 Å². The number of hydrogen-bond donors (Lipinski definition) is 1. The minimum absolute atomic E-state index is 0.0658. The van der Waals surface area contributed by atoms with Crippen molar-refractivity contribution in [3.8, 4) is 5.75 Å². The fraction of sp³-hybridized carbons (Fsp3) is 0.200. The van der Waals surface area contributed by atoms with Gasteiger partial charge in [-0.15, -0.1) is 11.8 Å². The highest BCUT2D eigenvalue weighted by molar-refractivity contribution is 8.00. The Morgan fingerprint density at radius 3 is 2.70 bits per heavy atom. The molecular formula is C15H16N2O2S. The number of aryl methyl sites for hydroxylation is 1. The SMILES string of the molecule is COc1ccc(SCC(=O)Nc2cc(C)ccn2)cc1. The Labute approximate surface area is 122 Å². The van der Waals surface area contributed by atoms with E-state index in [1.807, 2.05) is 43.3 Å². The summed E-state index contributed by atoms with van der Waals surface area (Å²) < 4.78 is 5.09. The lowest BCUT2D eigenvalue weighted by Crippen LogP contribution is -2.14. The molecule has 0 saturated heterocycles. The molecule has 0 unspecified atom stereocenters. The number of benzene rings is 1. The smallest absolute Gasteiger partial charge is 0.235 e. The lowest BCUT2D eigenvalue weighted by Gasteiger charge is -2.05. The number of hydrogen-bond acceptors (Lipinski definition) is 4. The number of carbonyl (C=O) groups is 1. The van der Waals surface area contributed by atoms with Crippen LogP contribution in [0.3, 0.4) is 0 Å². The predicted molar refractivity (Wildman–Crippen MR) is 81.3 cm³/mol. The molecule has 4 nitrogen and oxygen atoms in total. The number of pyridine rings is 1. The van der Waals surface area contributed by atoms with E-state index in [0.717, 1.165) is 16.2 Å². The zero-order valence-corrected chi connectivity index (χ0v) is 12.2. The topological polar surface area (TPSA) is 51.2 Å². The molecule has 0 fully saturated rings. The van der Waals surface area contributed by atoms with Crippen LogP contribution in [-0.4, -0.2) is 23.8 Å². The molecule has 2 aromatic rings. The van der Waals surface area contributed by atoms with Crippen molar-refractivity contribution in [2.45, 2.75) is 11.8 Å². The zero-order chi connectivity index (χ0) is 14.4. The number of carbonyl (C=O) groups excluding carboxylic acids is 1. The monoisotopic (exact) mass is 288 g/mol. The van der Waals surface area contributed by atoms with Gasteiger partial charge in [-0.05, 0) is 48.9 Å². The van der Waals surface area contributed by atoms with E-state index >= 15 is 0 Å². The number of amides is 1. The molecule has 0 radical (unpaired) electrons. The van der Waals surface area contributed by atoms with Gasteiger partial charge in [0.15, 0.2) is 0 Å². The van der Waals surface area contributed by atoms with Crippen molar-refractivity contribution >= 4 is 23.5 Å². The van der Waals surface area contributed by atoms with Crippen LogP contribution >= 0.6 is 11.8 Å². The lowest BCUT2D eigenvalue weighted by atomic mass is 10.3. The Balaban J connectivity index is 1.85. The first-order valence-corrected chi connectivity index (χ1v) is 7.15. The first-order valence-electron chi connectivity index (χ1n) is 6.17. The zero-order valence-electron chi connectivity index (χ0n) is 11.4. The van der Waals surface area contributed by atoms with E-state index in [9.17, 15) is 4.79 Å². The highest BCUT2D eigenvalue weighted by Crippen LogP contribution is 2.21. The Morgan fingerprint density at radius 2 is 2.05 bits per heavy atom.